The van der Waals surface area contributed by atoms with Gasteiger partial charge in [-0.05, 0) is 41.8 Å². The lowest BCUT2D eigenvalue weighted by Crippen LogP contribution is -2.49. The summed E-state index contributed by atoms with van der Waals surface area (Å²) in [6, 6.07) is 16.0. The summed E-state index contributed by atoms with van der Waals surface area (Å²) < 4.78 is 5.51. The lowest BCUT2D eigenvalue weighted by Gasteiger charge is -2.37. The quantitative estimate of drug-likeness (QED) is 0.697. The summed E-state index contributed by atoms with van der Waals surface area (Å²) >= 11 is 0. The van der Waals surface area contributed by atoms with E-state index >= 15 is 0 Å². The Labute approximate surface area is 190 Å². The van der Waals surface area contributed by atoms with Gasteiger partial charge in [-0.3, -0.25) is 14.5 Å². The minimum absolute atomic E-state index is 0.0475. The van der Waals surface area contributed by atoms with Crippen LogP contribution in [0, 0.1) is 0 Å². The molecule has 2 aliphatic rings. The summed E-state index contributed by atoms with van der Waals surface area (Å²) in [5.74, 6) is 0.950. The third-order valence-corrected chi connectivity index (χ3v) is 6.20. The van der Waals surface area contributed by atoms with E-state index in [0.717, 1.165) is 36.5 Å². The van der Waals surface area contributed by atoms with Crippen molar-refractivity contribution in [3.63, 3.8) is 0 Å². The van der Waals surface area contributed by atoms with Crippen molar-refractivity contribution in [1.82, 2.24) is 14.7 Å². The first kappa shape index (κ1) is 22.1. The van der Waals surface area contributed by atoms with Crippen LogP contribution in [0.1, 0.15) is 43.0 Å². The van der Waals surface area contributed by atoms with Crippen LogP contribution in [0.4, 0.5) is 0 Å². The first-order valence-corrected chi connectivity index (χ1v) is 11.3. The van der Waals surface area contributed by atoms with Gasteiger partial charge >= 0.3 is 0 Å². The Morgan fingerprint density at radius 2 is 1.72 bits per heavy atom. The number of hydrogen-bond donors (Lipinski definition) is 0. The zero-order valence-corrected chi connectivity index (χ0v) is 18.9. The second kappa shape index (κ2) is 10.0. The van der Waals surface area contributed by atoms with Gasteiger partial charge in [0.15, 0.2) is 0 Å². The van der Waals surface area contributed by atoms with E-state index in [1.807, 2.05) is 54.3 Å². The van der Waals surface area contributed by atoms with Crippen LogP contribution in [0.5, 0.6) is 5.75 Å². The molecule has 2 heterocycles. The van der Waals surface area contributed by atoms with Gasteiger partial charge in [0.1, 0.15) is 5.75 Å². The number of hydrogen-bond acceptors (Lipinski definition) is 4. The summed E-state index contributed by atoms with van der Waals surface area (Å²) in [5.41, 5.74) is 3.35. The first-order chi connectivity index (χ1) is 15.5. The topological polar surface area (TPSA) is 53.1 Å². The number of fused-ring (bicyclic) bond motifs is 1. The Morgan fingerprint density at radius 3 is 2.41 bits per heavy atom. The summed E-state index contributed by atoms with van der Waals surface area (Å²) in [6.07, 6.45) is 4.05. The Morgan fingerprint density at radius 1 is 1.00 bits per heavy atom. The average molecular weight is 434 g/mol. The van der Waals surface area contributed by atoms with Crippen molar-refractivity contribution in [3.05, 3.63) is 71.4 Å². The van der Waals surface area contributed by atoms with E-state index in [1.165, 1.54) is 5.56 Å². The molecule has 0 aromatic heterocycles. The van der Waals surface area contributed by atoms with Gasteiger partial charge in [-0.25, -0.2) is 0 Å². The van der Waals surface area contributed by atoms with Gasteiger partial charge in [0.05, 0.1) is 19.1 Å². The van der Waals surface area contributed by atoms with Crippen LogP contribution < -0.4 is 4.74 Å². The van der Waals surface area contributed by atoms with Gasteiger partial charge in [-0.1, -0.05) is 36.4 Å². The van der Waals surface area contributed by atoms with E-state index in [2.05, 4.69) is 17.0 Å². The van der Waals surface area contributed by atoms with Gasteiger partial charge < -0.3 is 14.5 Å². The molecular formula is C26H31N3O3. The third-order valence-electron chi connectivity index (χ3n) is 6.20. The van der Waals surface area contributed by atoms with E-state index in [1.54, 1.807) is 18.0 Å². The zero-order valence-electron chi connectivity index (χ0n) is 18.9. The molecule has 1 unspecified atom stereocenters. The van der Waals surface area contributed by atoms with Crippen LogP contribution in [0.3, 0.4) is 0 Å². The zero-order chi connectivity index (χ0) is 22.5. The maximum absolute atomic E-state index is 13.1. The Bertz CT molecular complexity index is 978. The van der Waals surface area contributed by atoms with Gasteiger partial charge in [0.2, 0.25) is 11.8 Å². The number of nitrogens with zero attached hydrogens (tertiary/aromatic N) is 3. The molecule has 1 saturated heterocycles. The fraction of sp³-hybridized carbons (Fsp3) is 0.385. The molecule has 2 aromatic rings. The smallest absolute Gasteiger partial charge is 0.225 e. The number of carbonyl (C=O) groups is 2. The molecule has 168 valence electrons. The number of piperazine rings is 1. The molecule has 0 N–H and O–H groups in total. The number of carbonyl (C=O) groups excluding carboxylic acids is 2. The van der Waals surface area contributed by atoms with E-state index in [0.29, 0.717) is 26.1 Å². The van der Waals surface area contributed by atoms with Crippen molar-refractivity contribution in [3.8, 4) is 5.75 Å². The standard InChI is InChI=1S/C26H31N3O3/c1-3-32-23-10-8-21(9-11-23)19-27-14-16-28(17-15-27)26(31)18-25-24-7-5-4-6-22(24)12-13-29(25)20(2)30/h4-13,25H,3,14-19H2,1-2H3. The monoisotopic (exact) mass is 433 g/mol. The fourth-order valence-corrected chi connectivity index (χ4v) is 4.48. The van der Waals surface area contributed by atoms with Crippen LogP contribution in [0.2, 0.25) is 0 Å². The highest BCUT2D eigenvalue weighted by Gasteiger charge is 2.30. The van der Waals surface area contributed by atoms with Gasteiger partial charge in [-0.15, -0.1) is 0 Å². The maximum Gasteiger partial charge on any atom is 0.225 e. The van der Waals surface area contributed by atoms with E-state index in [-0.39, 0.29) is 17.9 Å². The van der Waals surface area contributed by atoms with Crippen LogP contribution >= 0.6 is 0 Å². The molecule has 2 amide bonds. The van der Waals surface area contributed by atoms with Gasteiger partial charge in [0.25, 0.3) is 0 Å². The molecule has 1 fully saturated rings. The lowest BCUT2D eigenvalue weighted by molar-refractivity contribution is -0.136. The Hall–Kier alpha value is -3.12. The van der Waals surface area contributed by atoms with Gasteiger partial charge in [-0.2, -0.15) is 0 Å². The third kappa shape index (κ3) is 5.02. The average Bonchev–Trinajstić information content (AvgIpc) is 2.81. The minimum atomic E-state index is -0.247. The molecule has 2 aliphatic heterocycles. The normalized spacial score (nSPS) is 18.4. The minimum Gasteiger partial charge on any atom is -0.494 e. The molecule has 6 nitrogen and oxygen atoms in total. The molecule has 0 bridgehead atoms. The molecule has 0 saturated carbocycles. The molecule has 1 atom stereocenters. The number of ether oxygens (including phenoxy) is 1. The van der Waals surface area contributed by atoms with E-state index in [4.69, 9.17) is 4.74 Å². The highest BCUT2D eigenvalue weighted by molar-refractivity contribution is 5.82. The van der Waals surface area contributed by atoms with Crippen molar-refractivity contribution in [2.75, 3.05) is 32.8 Å². The second-order valence-corrected chi connectivity index (χ2v) is 8.32. The van der Waals surface area contributed by atoms with Crippen LogP contribution in [-0.4, -0.2) is 59.3 Å². The molecule has 0 radical (unpaired) electrons. The molecule has 0 spiro atoms. The summed E-state index contributed by atoms with van der Waals surface area (Å²) in [4.78, 5) is 31.3. The molecular weight excluding hydrogens is 402 g/mol. The van der Waals surface area contributed by atoms with Crippen LogP contribution in [0.25, 0.3) is 6.08 Å². The first-order valence-electron chi connectivity index (χ1n) is 11.3. The number of amides is 2. The number of rotatable bonds is 6. The Balaban J connectivity index is 1.34. The second-order valence-electron chi connectivity index (χ2n) is 8.32. The fourth-order valence-electron chi connectivity index (χ4n) is 4.48. The lowest BCUT2D eigenvalue weighted by atomic mass is 9.93. The van der Waals surface area contributed by atoms with Crippen molar-refractivity contribution in [2.24, 2.45) is 0 Å². The van der Waals surface area contributed by atoms with Crippen molar-refractivity contribution < 1.29 is 14.3 Å². The highest BCUT2D eigenvalue weighted by Crippen LogP contribution is 2.33. The molecule has 4 rings (SSSR count). The summed E-state index contributed by atoms with van der Waals surface area (Å²) in [7, 11) is 0. The van der Waals surface area contributed by atoms with Gasteiger partial charge in [0, 0.05) is 45.8 Å². The highest BCUT2D eigenvalue weighted by atomic mass is 16.5. The van der Waals surface area contributed by atoms with Crippen molar-refractivity contribution >= 4 is 17.9 Å². The van der Waals surface area contributed by atoms with E-state index in [9.17, 15) is 9.59 Å². The molecule has 2 aromatic carbocycles. The van der Waals surface area contributed by atoms with Crippen molar-refractivity contribution in [2.45, 2.75) is 32.9 Å². The summed E-state index contributed by atoms with van der Waals surface area (Å²) in [6.45, 7) is 8.18. The maximum atomic E-state index is 13.1. The SMILES string of the molecule is CCOc1ccc(CN2CCN(C(=O)CC3c4ccccc4C=CN3C(C)=O)CC2)cc1. The van der Waals surface area contributed by atoms with Crippen LogP contribution in [0.15, 0.2) is 54.7 Å². The predicted molar refractivity (Wildman–Crippen MR) is 125 cm³/mol. The Kier molecular flexibility index (Phi) is 6.90. The molecule has 0 aliphatic carbocycles. The van der Waals surface area contributed by atoms with Crippen molar-refractivity contribution in [1.29, 1.82) is 0 Å². The predicted octanol–water partition coefficient (Wildman–Crippen LogP) is 3.69. The molecule has 6 heteroatoms. The van der Waals surface area contributed by atoms with E-state index < -0.39 is 0 Å². The summed E-state index contributed by atoms with van der Waals surface area (Å²) in [5, 5.41) is 0. The largest absolute Gasteiger partial charge is 0.494 e. The molecule has 32 heavy (non-hydrogen) atoms. The number of benzene rings is 2. The van der Waals surface area contributed by atoms with Crippen LogP contribution in [-0.2, 0) is 16.1 Å².